The Hall–Kier alpha value is -0.260. The number of nitrogens with zero attached hydrogens (tertiary/aromatic N) is 1. The molecule has 2 fully saturated rings. The second-order valence-corrected chi connectivity index (χ2v) is 6.00. The molecule has 0 radical (unpaired) electrons. The van der Waals surface area contributed by atoms with E-state index in [1.807, 2.05) is 0 Å². The van der Waals surface area contributed by atoms with Crippen molar-refractivity contribution in [3.8, 4) is 0 Å². The van der Waals surface area contributed by atoms with Crippen LogP contribution in [0.25, 0.3) is 0 Å². The van der Waals surface area contributed by atoms with E-state index >= 15 is 0 Å². The molecule has 1 spiro atoms. The average molecular weight is 230 g/mol. The summed E-state index contributed by atoms with van der Waals surface area (Å²) in [6.45, 7) is 4.31. The second kappa shape index (κ2) is 3.96. The molecular formula is C10H18N2O2S. The third-order valence-corrected chi connectivity index (χ3v) is 5.21. The van der Waals surface area contributed by atoms with Gasteiger partial charge in [0.1, 0.15) is 6.04 Å². The number of hydrogen-bond donors (Lipinski definition) is 2. The minimum absolute atomic E-state index is 0.00949. The average Bonchev–Trinajstić information content (AvgIpc) is 2.58. The number of carboxylic acids is 1. The van der Waals surface area contributed by atoms with Crippen molar-refractivity contribution in [2.75, 3.05) is 25.9 Å². The number of carboxylic acid groups (broad SMARTS) is 1. The van der Waals surface area contributed by atoms with Crippen molar-refractivity contribution < 1.29 is 9.90 Å². The molecule has 86 valence electrons. The summed E-state index contributed by atoms with van der Waals surface area (Å²) in [5, 5.41) is 12.3. The van der Waals surface area contributed by atoms with Crippen molar-refractivity contribution in [1.29, 1.82) is 0 Å². The van der Waals surface area contributed by atoms with Crippen LogP contribution in [0, 0.1) is 5.92 Å². The van der Waals surface area contributed by atoms with E-state index in [-0.39, 0.29) is 10.9 Å². The molecule has 15 heavy (non-hydrogen) atoms. The van der Waals surface area contributed by atoms with Crippen LogP contribution in [0.1, 0.15) is 13.3 Å². The summed E-state index contributed by atoms with van der Waals surface area (Å²) in [5.41, 5.74) is 0. The lowest BCUT2D eigenvalue weighted by Gasteiger charge is -2.43. The molecule has 3 atom stereocenters. The van der Waals surface area contributed by atoms with E-state index in [4.69, 9.17) is 5.11 Å². The van der Waals surface area contributed by atoms with E-state index in [9.17, 15) is 4.79 Å². The van der Waals surface area contributed by atoms with Gasteiger partial charge in [0.15, 0.2) is 0 Å². The predicted octanol–water partition coefficient (Wildman–Crippen LogP) is 0.444. The summed E-state index contributed by atoms with van der Waals surface area (Å²) in [7, 11) is 2.12. The molecule has 2 aliphatic heterocycles. The second-order valence-electron chi connectivity index (χ2n) is 4.65. The van der Waals surface area contributed by atoms with Gasteiger partial charge in [-0.1, -0.05) is 6.92 Å². The molecule has 2 saturated heterocycles. The molecule has 2 N–H and O–H groups in total. The number of likely N-dealkylation sites (tertiary alicyclic amines) is 1. The van der Waals surface area contributed by atoms with E-state index in [0.717, 1.165) is 19.5 Å². The lowest BCUT2D eigenvalue weighted by molar-refractivity contribution is -0.139. The molecule has 2 aliphatic rings. The Bertz CT molecular complexity index is 274. The van der Waals surface area contributed by atoms with Gasteiger partial charge < -0.3 is 10.0 Å². The lowest BCUT2D eigenvalue weighted by Crippen LogP contribution is -2.56. The van der Waals surface area contributed by atoms with Crippen LogP contribution in [-0.2, 0) is 4.79 Å². The summed E-state index contributed by atoms with van der Waals surface area (Å²) in [6.07, 6.45) is 1.04. The van der Waals surface area contributed by atoms with Gasteiger partial charge in [0.25, 0.3) is 0 Å². The number of carbonyl (C=O) groups is 1. The van der Waals surface area contributed by atoms with Gasteiger partial charge in [-0.15, -0.1) is 11.8 Å². The number of thioether (sulfide) groups is 1. The van der Waals surface area contributed by atoms with E-state index < -0.39 is 5.97 Å². The van der Waals surface area contributed by atoms with Crippen molar-refractivity contribution in [2.24, 2.45) is 5.92 Å². The molecule has 0 aliphatic carbocycles. The summed E-state index contributed by atoms with van der Waals surface area (Å²) in [4.78, 5) is 13.2. The number of aliphatic carboxylic acids is 1. The molecule has 2 heterocycles. The maximum absolute atomic E-state index is 10.9. The highest BCUT2D eigenvalue weighted by Gasteiger charge is 2.47. The van der Waals surface area contributed by atoms with Gasteiger partial charge in [0, 0.05) is 18.8 Å². The van der Waals surface area contributed by atoms with Crippen LogP contribution < -0.4 is 5.32 Å². The van der Waals surface area contributed by atoms with Crippen LogP contribution in [0.3, 0.4) is 0 Å². The lowest BCUT2D eigenvalue weighted by atomic mass is 9.93. The van der Waals surface area contributed by atoms with Crippen LogP contribution >= 0.6 is 11.8 Å². The van der Waals surface area contributed by atoms with Gasteiger partial charge >= 0.3 is 5.97 Å². The summed E-state index contributed by atoms with van der Waals surface area (Å²) in [6, 6.07) is -0.360. The smallest absolute Gasteiger partial charge is 0.321 e. The molecule has 2 rings (SSSR count). The molecule has 0 bridgehead atoms. The third-order valence-electron chi connectivity index (χ3n) is 3.47. The van der Waals surface area contributed by atoms with Crippen molar-refractivity contribution in [3.05, 3.63) is 0 Å². The fourth-order valence-electron chi connectivity index (χ4n) is 2.48. The van der Waals surface area contributed by atoms with Crippen LogP contribution in [0.5, 0.6) is 0 Å². The van der Waals surface area contributed by atoms with Crippen molar-refractivity contribution in [2.45, 2.75) is 24.3 Å². The molecule has 2 unspecified atom stereocenters. The van der Waals surface area contributed by atoms with E-state index in [2.05, 4.69) is 24.2 Å². The zero-order valence-corrected chi connectivity index (χ0v) is 10.0. The van der Waals surface area contributed by atoms with Gasteiger partial charge in [-0.25, -0.2) is 0 Å². The largest absolute Gasteiger partial charge is 0.480 e. The topological polar surface area (TPSA) is 52.6 Å². The molecule has 4 nitrogen and oxygen atoms in total. The maximum Gasteiger partial charge on any atom is 0.321 e. The van der Waals surface area contributed by atoms with Gasteiger partial charge in [-0.05, 0) is 19.4 Å². The zero-order chi connectivity index (χ0) is 11.1. The Kier molecular flexibility index (Phi) is 2.96. The first-order chi connectivity index (χ1) is 7.03. The van der Waals surface area contributed by atoms with Gasteiger partial charge in [0.2, 0.25) is 0 Å². The Balaban J connectivity index is 2.06. The molecule has 0 amide bonds. The minimum Gasteiger partial charge on any atom is -0.480 e. The Morgan fingerprint density at radius 3 is 2.93 bits per heavy atom. The van der Waals surface area contributed by atoms with Crippen LogP contribution in [0.2, 0.25) is 0 Å². The molecule has 0 saturated carbocycles. The SMILES string of the molecule is CC1CN(C)CCC12N[C@@H](C(=O)O)CS2. The molecular weight excluding hydrogens is 212 g/mol. The first kappa shape index (κ1) is 11.2. The third kappa shape index (κ3) is 2.00. The van der Waals surface area contributed by atoms with E-state index in [1.165, 1.54) is 0 Å². The maximum atomic E-state index is 10.9. The number of nitrogens with one attached hydrogen (secondary N) is 1. The first-order valence-corrected chi connectivity index (χ1v) is 6.35. The standard InChI is InChI=1S/C10H18N2O2S/c1-7-5-12(2)4-3-10(7)11-8(6-15-10)9(13)14/h7-8,11H,3-6H2,1-2H3,(H,13,14)/t7?,8-,10?/m1/s1. The predicted molar refractivity (Wildman–Crippen MR) is 61.0 cm³/mol. The van der Waals surface area contributed by atoms with Gasteiger partial charge in [-0.2, -0.15) is 0 Å². The molecule has 0 aromatic carbocycles. The fraction of sp³-hybridized carbons (Fsp3) is 0.900. The van der Waals surface area contributed by atoms with Crippen LogP contribution in [-0.4, -0.2) is 52.8 Å². The zero-order valence-electron chi connectivity index (χ0n) is 9.19. The quantitative estimate of drug-likeness (QED) is 0.685. The normalized spacial score (nSPS) is 42.3. The summed E-state index contributed by atoms with van der Waals surface area (Å²) in [5.74, 6) is 0.486. The highest BCUT2D eigenvalue weighted by molar-refractivity contribution is 8.01. The van der Waals surface area contributed by atoms with Crippen molar-refractivity contribution >= 4 is 17.7 Å². The van der Waals surface area contributed by atoms with Crippen LogP contribution in [0.15, 0.2) is 0 Å². The summed E-state index contributed by atoms with van der Waals surface area (Å²) < 4.78 is 0. The first-order valence-electron chi connectivity index (χ1n) is 5.36. The highest BCUT2D eigenvalue weighted by Crippen LogP contribution is 2.42. The fourth-order valence-corrected chi connectivity index (χ4v) is 3.99. The van der Waals surface area contributed by atoms with E-state index in [0.29, 0.717) is 11.7 Å². The Morgan fingerprint density at radius 2 is 2.40 bits per heavy atom. The highest BCUT2D eigenvalue weighted by atomic mass is 32.2. The number of hydrogen-bond acceptors (Lipinski definition) is 4. The van der Waals surface area contributed by atoms with Gasteiger partial charge in [0.05, 0.1) is 4.87 Å². The van der Waals surface area contributed by atoms with Crippen molar-refractivity contribution in [3.63, 3.8) is 0 Å². The summed E-state index contributed by atoms with van der Waals surface area (Å²) >= 11 is 1.79. The Labute approximate surface area is 94.4 Å². The number of rotatable bonds is 1. The van der Waals surface area contributed by atoms with Crippen molar-refractivity contribution in [1.82, 2.24) is 10.2 Å². The Morgan fingerprint density at radius 1 is 1.67 bits per heavy atom. The van der Waals surface area contributed by atoms with Gasteiger partial charge in [-0.3, -0.25) is 10.1 Å². The van der Waals surface area contributed by atoms with Crippen LogP contribution in [0.4, 0.5) is 0 Å². The molecule has 0 aromatic heterocycles. The monoisotopic (exact) mass is 230 g/mol. The number of piperidine rings is 1. The molecule has 5 heteroatoms. The van der Waals surface area contributed by atoms with E-state index in [1.54, 1.807) is 11.8 Å². The minimum atomic E-state index is -0.717. The molecule has 0 aromatic rings.